The SMILES string of the molecule is Cn1cc(CC2=CC(Cl)CNC2)cn1. The molecule has 0 aromatic carbocycles. The van der Waals surface area contributed by atoms with Crippen molar-refractivity contribution in [3.63, 3.8) is 0 Å². The highest BCUT2D eigenvalue weighted by molar-refractivity contribution is 6.22. The second-order valence-corrected chi connectivity index (χ2v) is 4.23. The van der Waals surface area contributed by atoms with Gasteiger partial charge in [0.2, 0.25) is 0 Å². The molecule has 0 fully saturated rings. The first-order valence-electron chi connectivity index (χ1n) is 4.76. The van der Waals surface area contributed by atoms with Crippen LogP contribution >= 0.6 is 11.6 Å². The molecule has 2 rings (SSSR count). The van der Waals surface area contributed by atoms with Gasteiger partial charge in [-0.2, -0.15) is 5.10 Å². The maximum atomic E-state index is 6.02. The van der Waals surface area contributed by atoms with E-state index in [0.29, 0.717) is 0 Å². The predicted octanol–water partition coefficient (Wildman–Crippen LogP) is 1.10. The van der Waals surface area contributed by atoms with Gasteiger partial charge in [0.05, 0.1) is 11.6 Å². The lowest BCUT2D eigenvalue weighted by Crippen LogP contribution is -2.30. The maximum Gasteiger partial charge on any atom is 0.0643 e. The lowest BCUT2D eigenvalue weighted by Gasteiger charge is -2.17. The summed E-state index contributed by atoms with van der Waals surface area (Å²) in [6.45, 7) is 1.82. The van der Waals surface area contributed by atoms with Gasteiger partial charge in [-0.3, -0.25) is 4.68 Å². The molecule has 0 spiro atoms. The van der Waals surface area contributed by atoms with Crippen LogP contribution in [-0.4, -0.2) is 28.2 Å². The Kier molecular flexibility index (Phi) is 2.89. The van der Waals surface area contributed by atoms with Gasteiger partial charge >= 0.3 is 0 Å². The Hall–Kier alpha value is -0.800. The highest BCUT2D eigenvalue weighted by atomic mass is 35.5. The number of hydrogen-bond acceptors (Lipinski definition) is 2. The van der Waals surface area contributed by atoms with Crippen molar-refractivity contribution in [2.24, 2.45) is 7.05 Å². The Balaban J connectivity index is 2.03. The van der Waals surface area contributed by atoms with E-state index in [1.54, 1.807) is 0 Å². The monoisotopic (exact) mass is 211 g/mol. The number of halogens is 1. The van der Waals surface area contributed by atoms with Gasteiger partial charge in [0.1, 0.15) is 0 Å². The maximum absolute atomic E-state index is 6.02. The molecule has 1 aliphatic heterocycles. The van der Waals surface area contributed by atoms with Crippen LogP contribution in [0.4, 0.5) is 0 Å². The van der Waals surface area contributed by atoms with Crippen LogP contribution in [0.1, 0.15) is 5.56 Å². The van der Waals surface area contributed by atoms with Crippen LogP contribution in [0.5, 0.6) is 0 Å². The van der Waals surface area contributed by atoms with Crippen molar-refractivity contribution >= 4 is 11.6 Å². The van der Waals surface area contributed by atoms with Gasteiger partial charge in [0.25, 0.3) is 0 Å². The fourth-order valence-corrected chi connectivity index (χ4v) is 1.98. The molecule has 1 N–H and O–H groups in total. The second-order valence-electron chi connectivity index (χ2n) is 3.67. The number of nitrogens with one attached hydrogen (secondary N) is 1. The quantitative estimate of drug-likeness (QED) is 0.587. The highest BCUT2D eigenvalue weighted by Gasteiger charge is 2.10. The average molecular weight is 212 g/mol. The number of rotatable bonds is 2. The lowest BCUT2D eigenvalue weighted by molar-refractivity contribution is 0.695. The van der Waals surface area contributed by atoms with E-state index in [-0.39, 0.29) is 5.38 Å². The summed E-state index contributed by atoms with van der Waals surface area (Å²) in [6.07, 6.45) is 7.03. The third-order valence-electron chi connectivity index (χ3n) is 2.30. The van der Waals surface area contributed by atoms with Crippen molar-refractivity contribution in [1.82, 2.24) is 15.1 Å². The average Bonchev–Trinajstić information content (AvgIpc) is 2.51. The molecule has 76 valence electrons. The minimum absolute atomic E-state index is 0.135. The summed E-state index contributed by atoms with van der Waals surface area (Å²) < 4.78 is 1.82. The zero-order valence-electron chi connectivity index (χ0n) is 8.20. The van der Waals surface area contributed by atoms with Crippen LogP contribution in [-0.2, 0) is 13.5 Å². The summed E-state index contributed by atoms with van der Waals surface area (Å²) in [4.78, 5) is 0. The Morgan fingerprint density at radius 3 is 3.21 bits per heavy atom. The molecule has 1 aromatic rings. The van der Waals surface area contributed by atoms with Crippen LogP contribution in [0.25, 0.3) is 0 Å². The molecule has 14 heavy (non-hydrogen) atoms. The summed E-state index contributed by atoms with van der Waals surface area (Å²) >= 11 is 6.02. The predicted molar refractivity (Wildman–Crippen MR) is 57.5 cm³/mol. The highest BCUT2D eigenvalue weighted by Crippen LogP contribution is 2.12. The Bertz CT molecular complexity index is 343. The first-order chi connectivity index (χ1) is 6.74. The second kappa shape index (κ2) is 4.15. The first kappa shape index (κ1) is 9.74. The van der Waals surface area contributed by atoms with Gasteiger partial charge in [0, 0.05) is 26.3 Å². The molecular weight excluding hydrogens is 198 g/mol. The summed E-state index contributed by atoms with van der Waals surface area (Å²) in [5.74, 6) is 0. The van der Waals surface area contributed by atoms with Crippen molar-refractivity contribution in [3.8, 4) is 0 Å². The van der Waals surface area contributed by atoms with Crippen molar-refractivity contribution in [2.75, 3.05) is 13.1 Å². The molecule has 0 saturated carbocycles. The molecule has 4 heteroatoms. The van der Waals surface area contributed by atoms with Gasteiger partial charge < -0.3 is 5.32 Å². The molecule has 1 aliphatic rings. The standard InChI is InChI=1S/C10H14ClN3/c1-14-7-9(5-13-14)2-8-3-10(11)6-12-4-8/h3,5,7,10,12H,2,4,6H2,1H3. The van der Waals surface area contributed by atoms with E-state index in [2.05, 4.69) is 16.5 Å². The number of aryl methyl sites for hydroxylation is 1. The van der Waals surface area contributed by atoms with E-state index in [9.17, 15) is 0 Å². The number of nitrogens with zero attached hydrogens (tertiary/aromatic N) is 2. The Morgan fingerprint density at radius 1 is 1.71 bits per heavy atom. The van der Waals surface area contributed by atoms with Gasteiger partial charge in [-0.15, -0.1) is 11.6 Å². The van der Waals surface area contributed by atoms with Crippen LogP contribution < -0.4 is 5.32 Å². The summed E-state index contributed by atoms with van der Waals surface area (Å²) in [7, 11) is 1.93. The van der Waals surface area contributed by atoms with Gasteiger partial charge in [-0.1, -0.05) is 11.6 Å². The van der Waals surface area contributed by atoms with Crippen molar-refractivity contribution in [2.45, 2.75) is 11.8 Å². The zero-order valence-corrected chi connectivity index (χ0v) is 8.96. The molecule has 0 bridgehead atoms. The van der Waals surface area contributed by atoms with E-state index in [1.807, 2.05) is 24.1 Å². The molecule has 2 heterocycles. The van der Waals surface area contributed by atoms with Gasteiger partial charge in [-0.25, -0.2) is 0 Å². The third kappa shape index (κ3) is 2.36. The molecule has 0 amide bonds. The summed E-state index contributed by atoms with van der Waals surface area (Å²) in [5, 5.41) is 7.56. The topological polar surface area (TPSA) is 29.9 Å². The number of hydrogen-bond donors (Lipinski definition) is 1. The van der Waals surface area contributed by atoms with Crippen molar-refractivity contribution in [1.29, 1.82) is 0 Å². The van der Waals surface area contributed by atoms with Crippen molar-refractivity contribution < 1.29 is 0 Å². The van der Waals surface area contributed by atoms with Gasteiger partial charge in [0.15, 0.2) is 0 Å². The first-order valence-corrected chi connectivity index (χ1v) is 5.19. The molecule has 1 atom stereocenters. The normalized spacial score (nSPS) is 22.1. The van der Waals surface area contributed by atoms with E-state index in [4.69, 9.17) is 11.6 Å². The molecular formula is C10H14ClN3. The molecule has 0 saturated heterocycles. The Morgan fingerprint density at radius 2 is 2.57 bits per heavy atom. The molecule has 0 radical (unpaired) electrons. The number of alkyl halides is 1. The van der Waals surface area contributed by atoms with E-state index < -0.39 is 0 Å². The van der Waals surface area contributed by atoms with E-state index in [0.717, 1.165) is 19.5 Å². The minimum atomic E-state index is 0.135. The molecule has 0 aliphatic carbocycles. The lowest BCUT2D eigenvalue weighted by atomic mass is 10.0. The zero-order chi connectivity index (χ0) is 9.97. The van der Waals surface area contributed by atoms with Gasteiger partial charge in [-0.05, 0) is 12.0 Å². The molecule has 1 aromatic heterocycles. The van der Waals surface area contributed by atoms with Crippen LogP contribution in [0.3, 0.4) is 0 Å². The number of aromatic nitrogens is 2. The van der Waals surface area contributed by atoms with Crippen LogP contribution in [0.15, 0.2) is 24.0 Å². The molecule has 1 unspecified atom stereocenters. The minimum Gasteiger partial charge on any atom is -0.311 e. The smallest absolute Gasteiger partial charge is 0.0643 e. The van der Waals surface area contributed by atoms with E-state index in [1.165, 1.54) is 11.1 Å². The van der Waals surface area contributed by atoms with Crippen LogP contribution in [0.2, 0.25) is 0 Å². The summed E-state index contributed by atoms with van der Waals surface area (Å²) in [5.41, 5.74) is 2.59. The van der Waals surface area contributed by atoms with Crippen molar-refractivity contribution in [3.05, 3.63) is 29.6 Å². The van der Waals surface area contributed by atoms with E-state index >= 15 is 0 Å². The third-order valence-corrected chi connectivity index (χ3v) is 2.58. The largest absolute Gasteiger partial charge is 0.311 e. The fourth-order valence-electron chi connectivity index (χ4n) is 1.69. The van der Waals surface area contributed by atoms with Crippen LogP contribution in [0, 0.1) is 0 Å². The molecule has 3 nitrogen and oxygen atoms in total. The summed E-state index contributed by atoms with van der Waals surface area (Å²) in [6, 6.07) is 0. The Labute approximate surface area is 88.8 Å². The fraction of sp³-hybridized carbons (Fsp3) is 0.500.